The number of rotatable bonds is 9. The molecule has 6 nitrogen and oxygen atoms in total. The van der Waals surface area contributed by atoms with Crippen LogP contribution in [-0.2, 0) is 26.8 Å². The molecule has 1 amide bonds. The second kappa shape index (κ2) is 14.1. The Morgan fingerprint density at radius 2 is 1.73 bits per heavy atom. The maximum atomic E-state index is 14.9. The van der Waals surface area contributed by atoms with Gasteiger partial charge in [0.05, 0.1) is 0 Å². The second-order valence-electron chi connectivity index (χ2n) is 15.4. The van der Waals surface area contributed by atoms with Crippen LogP contribution in [0.25, 0.3) is 0 Å². The molecule has 4 fully saturated rings. The van der Waals surface area contributed by atoms with Crippen molar-refractivity contribution in [2.45, 2.75) is 108 Å². The number of piperidine rings is 1. The summed E-state index contributed by atoms with van der Waals surface area (Å²) in [6, 6.07) is 5.72. The summed E-state index contributed by atoms with van der Waals surface area (Å²) in [5, 5.41) is 0. The number of hydrogen-bond acceptors (Lipinski definition) is 5. The lowest BCUT2D eigenvalue weighted by Crippen LogP contribution is -2.46. The van der Waals surface area contributed by atoms with Crippen LogP contribution in [0, 0.1) is 28.6 Å². The topological polar surface area (TPSA) is 72.9 Å². The number of carbonyl (C=O) groups is 2. The van der Waals surface area contributed by atoms with Crippen molar-refractivity contribution >= 4 is 22.7 Å². The Morgan fingerprint density at radius 1 is 1.04 bits per heavy atom. The van der Waals surface area contributed by atoms with Gasteiger partial charge in [-0.1, -0.05) is 13.0 Å². The summed E-state index contributed by atoms with van der Waals surface area (Å²) in [5.41, 5.74) is 1.63. The molecule has 0 aromatic heterocycles. The van der Waals surface area contributed by atoms with E-state index in [2.05, 4.69) is 0 Å². The number of Topliss-reactive ketones (excluding diaryl/α,β-unsaturated/α-hetero) is 1. The Hall–Kier alpha value is -2.15. The zero-order chi connectivity index (χ0) is 35.2. The standard InChI is InChI=1S/C36H47F6NO5S/c1-33-9-7-27-26-6-5-25(48-32(45)43-14-10-34(11-15-43)12-16-47-17-13-34)21-24(26)20-23(30(27)28(33)22-29(37)31(33)44)4-2-18-49(46)19-3-8-35(38,39)36(40,41)42/h5-6,21,23,27-30H,2-4,7-20,22H2,1H3/t23-,27-,28+,29?,30-,33+,49?/m1/s1. The van der Waals surface area contributed by atoms with Crippen molar-refractivity contribution in [1.29, 1.82) is 0 Å². The Kier molecular flexibility index (Phi) is 10.5. The van der Waals surface area contributed by atoms with Gasteiger partial charge in [-0.2, -0.15) is 22.0 Å². The molecule has 0 bridgehead atoms. The van der Waals surface area contributed by atoms with Gasteiger partial charge in [0.15, 0.2) is 12.0 Å². The van der Waals surface area contributed by atoms with Crippen LogP contribution < -0.4 is 4.74 Å². The van der Waals surface area contributed by atoms with Gasteiger partial charge in [0.2, 0.25) is 0 Å². The molecule has 2 saturated heterocycles. The van der Waals surface area contributed by atoms with Gasteiger partial charge < -0.3 is 14.4 Å². The number of hydrogen-bond donors (Lipinski definition) is 0. The minimum Gasteiger partial charge on any atom is -0.410 e. The summed E-state index contributed by atoms with van der Waals surface area (Å²) in [7, 11) is -1.57. The van der Waals surface area contributed by atoms with Crippen LogP contribution in [0.2, 0.25) is 0 Å². The number of likely N-dealkylation sites (tertiary alicyclic amines) is 1. The highest BCUT2D eigenvalue weighted by Crippen LogP contribution is 2.62. The molecule has 6 rings (SSSR count). The summed E-state index contributed by atoms with van der Waals surface area (Å²) < 4.78 is 103. The molecule has 0 N–H and O–H groups in total. The molecule has 2 heterocycles. The average molecular weight is 720 g/mol. The summed E-state index contributed by atoms with van der Waals surface area (Å²) in [6.45, 7) is 4.67. The Labute approximate surface area is 286 Å². The minimum atomic E-state index is -5.63. The number of halogens is 6. The number of carbonyl (C=O) groups excluding carboxylic acids is 2. The van der Waals surface area contributed by atoms with E-state index in [1.807, 2.05) is 25.1 Å². The molecular weight excluding hydrogens is 672 g/mol. The molecule has 274 valence electrons. The number of alkyl halides is 6. The smallest absolute Gasteiger partial charge is 0.410 e. The summed E-state index contributed by atoms with van der Waals surface area (Å²) >= 11 is 0. The first-order valence-corrected chi connectivity index (χ1v) is 19.3. The zero-order valence-electron chi connectivity index (χ0n) is 28.0. The predicted molar refractivity (Wildman–Crippen MR) is 172 cm³/mol. The van der Waals surface area contributed by atoms with Crippen molar-refractivity contribution in [1.82, 2.24) is 4.90 Å². The van der Waals surface area contributed by atoms with E-state index in [4.69, 9.17) is 9.47 Å². The molecule has 2 saturated carbocycles. The summed E-state index contributed by atoms with van der Waals surface area (Å²) in [5.74, 6) is -4.84. The van der Waals surface area contributed by atoms with Crippen LogP contribution >= 0.6 is 0 Å². The molecule has 2 aliphatic heterocycles. The molecule has 13 heteroatoms. The largest absolute Gasteiger partial charge is 0.453 e. The zero-order valence-corrected chi connectivity index (χ0v) is 28.8. The fraction of sp³-hybridized carbons (Fsp3) is 0.778. The van der Waals surface area contributed by atoms with E-state index >= 15 is 0 Å². The van der Waals surface area contributed by atoms with E-state index in [0.717, 1.165) is 50.0 Å². The van der Waals surface area contributed by atoms with Crippen molar-refractivity contribution in [3.63, 3.8) is 0 Å². The molecule has 7 atom stereocenters. The summed E-state index contributed by atoms with van der Waals surface area (Å²) in [6.07, 6.45) is -2.44. The van der Waals surface area contributed by atoms with Gasteiger partial charge in [-0.05, 0) is 123 Å². The van der Waals surface area contributed by atoms with Gasteiger partial charge in [0.1, 0.15) is 5.75 Å². The highest BCUT2D eigenvalue weighted by atomic mass is 32.2. The van der Waals surface area contributed by atoms with E-state index in [-0.39, 0.29) is 58.9 Å². The number of amides is 1. The van der Waals surface area contributed by atoms with E-state index < -0.39 is 47.3 Å². The number of fused-ring (bicyclic) bond motifs is 5. The minimum absolute atomic E-state index is 0.00845. The van der Waals surface area contributed by atoms with Crippen molar-refractivity contribution in [2.75, 3.05) is 37.8 Å². The van der Waals surface area contributed by atoms with Gasteiger partial charge in [-0.25, -0.2) is 9.18 Å². The van der Waals surface area contributed by atoms with E-state index in [9.17, 15) is 40.1 Å². The number of benzene rings is 1. The predicted octanol–water partition coefficient (Wildman–Crippen LogP) is 8.18. The lowest BCUT2D eigenvalue weighted by Gasteiger charge is -2.51. The van der Waals surface area contributed by atoms with Crippen LogP contribution in [-0.4, -0.2) is 77.1 Å². The molecule has 5 aliphatic rings. The van der Waals surface area contributed by atoms with Gasteiger partial charge in [0.25, 0.3) is 0 Å². The average Bonchev–Trinajstić information content (AvgIpc) is 3.28. The van der Waals surface area contributed by atoms with Crippen molar-refractivity contribution in [3.8, 4) is 5.75 Å². The van der Waals surface area contributed by atoms with Crippen molar-refractivity contribution in [2.24, 2.45) is 28.6 Å². The molecule has 1 aromatic carbocycles. The van der Waals surface area contributed by atoms with Gasteiger partial charge in [-0.3, -0.25) is 9.00 Å². The van der Waals surface area contributed by atoms with E-state index in [1.165, 1.54) is 0 Å². The first-order chi connectivity index (χ1) is 23.1. The normalized spacial score (nSPS) is 31.9. The Bertz CT molecular complexity index is 1410. The highest BCUT2D eigenvalue weighted by Gasteiger charge is 2.60. The number of nitrogens with zero attached hydrogens (tertiary/aromatic N) is 1. The molecule has 3 aliphatic carbocycles. The second-order valence-corrected chi connectivity index (χ2v) is 17.1. The van der Waals surface area contributed by atoms with Crippen LogP contribution in [0.3, 0.4) is 0 Å². The molecule has 1 spiro atoms. The quantitative estimate of drug-likeness (QED) is 0.241. The highest BCUT2D eigenvalue weighted by molar-refractivity contribution is 7.84. The van der Waals surface area contributed by atoms with Gasteiger partial charge >= 0.3 is 18.2 Å². The molecule has 2 unspecified atom stereocenters. The molecule has 0 radical (unpaired) electrons. The molecule has 49 heavy (non-hydrogen) atoms. The first kappa shape index (κ1) is 36.6. The van der Waals surface area contributed by atoms with Crippen molar-refractivity contribution < 1.29 is 49.6 Å². The fourth-order valence-corrected chi connectivity index (χ4v) is 10.9. The van der Waals surface area contributed by atoms with Crippen LogP contribution in [0.4, 0.5) is 31.1 Å². The number of ether oxygens (including phenoxy) is 2. The number of ketones is 1. The fourth-order valence-electron chi connectivity index (χ4n) is 9.71. The Morgan fingerprint density at radius 3 is 2.43 bits per heavy atom. The molecular formula is C36H47F6NO5S. The first-order valence-electron chi connectivity index (χ1n) is 17.8. The Balaban J connectivity index is 1.12. The third-order valence-electron chi connectivity index (χ3n) is 12.6. The lowest BCUT2D eigenvalue weighted by molar-refractivity contribution is -0.284. The van der Waals surface area contributed by atoms with Gasteiger partial charge in [0, 0.05) is 60.4 Å². The lowest BCUT2D eigenvalue weighted by atomic mass is 9.52. The monoisotopic (exact) mass is 719 g/mol. The van der Waals surface area contributed by atoms with E-state index in [1.54, 1.807) is 4.90 Å². The van der Waals surface area contributed by atoms with Crippen LogP contribution in [0.1, 0.15) is 94.6 Å². The van der Waals surface area contributed by atoms with Crippen molar-refractivity contribution in [3.05, 3.63) is 29.3 Å². The van der Waals surface area contributed by atoms with Crippen LogP contribution in [0.5, 0.6) is 5.75 Å². The summed E-state index contributed by atoms with van der Waals surface area (Å²) in [4.78, 5) is 27.9. The maximum Gasteiger partial charge on any atom is 0.453 e. The SMILES string of the molecule is C[C@]12CC[C@@H]3c4ccc(OC(=O)N5CCC6(CCOCC6)CC5)cc4C[C@@H](CCCS(=O)CCCC(F)(F)C(F)(F)F)[C@H]3[C@@H]1CC(F)C2=O. The van der Waals surface area contributed by atoms with Gasteiger partial charge in [-0.15, -0.1) is 0 Å². The van der Waals surface area contributed by atoms with Crippen LogP contribution in [0.15, 0.2) is 18.2 Å². The third-order valence-corrected chi connectivity index (χ3v) is 14.1. The maximum absolute atomic E-state index is 14.9. The molecule has 1 aromatic rings. The van der Waals surface area contributed by atoms with E-state index in [0.29, 0.717) is 50.9 Å². The third kappa shape index (κ3) is 7.44.